The first-order valence-electron chi connectivity index (χ1n) is 4.35. The summed E-state index contributed by atoms with van der Waals surface area (Å²) in [5, 5.41) is 0. The molecule has 62 valence electrons. The Kier molecular flexibility index (Phi) is 1.74. The molecule has 0 saturated heterocycles. The van der Waals surface area contributed by atoms with E-state index in [1.807, 2.05) is 0 Å². The summed E-state index contributed by atoms with van der Waals surface area (Å²) in [6, 6.07) is 0. The maximum atomic E-state index is 5.72. The molecule has 0 unspecified atom stereocenters. The molecule has 2 nitrogen and oxygen atoms in total. The first-order chi connectivity index (χ1) is 5.37. The summed E-state index contributed by atoms with van der Waals surface area (Å²) in [6.45, 7) is 2.53. The molecule has 0 atom stereocenters. The average molecular weight is 153 g/mol. The Labute approximate surface area is 67.4 Å². The van der Waals surface area contributed by atoms with Crippen molar-refractivity contribution < 1.29 is 4.74 Å². The second-order valence-corrected chi connectivity index (χ2v) is 3.54. The smallest absolute Gasteiger partial charge is 0.0650 e. The van der Waals surface area contributed by atoms with Crippen LogP contribution in [0.15, 0.2) is 11.6 Å². The van der Waals surface area contributed by atoms with Crippen molar-refractivity contribution in [2.45, 2.75) is 19.3 Å². The highest BCUT2D eigenvalue weighted by Crippen LogP contribution is 2.52. The van der Waals surface area contributed by atoms with E-state index < -0.39 is 0 Å². The van der Waals surface area contributed by atoms with Crippen molar-refractivity contribution in [2.24, 2.45) is 11.1 Å². The van der Waals surface area contributed by atoms with Gasteiger partial charge in [-0.1, -0.05) is 11.6 Å². The standard InChI is InChI=1S/C9H15NO/c10-7-9(3-4-9)8-1-5-11-6-2-8/h1H,2-7,10H2. The lowest BCUT2D eigenvalue weighted by Gasteiger charge is -2.21. The van der Waals surface area contributed by atoms with E-state index in [-0.39, 0.29) is 0 Å². The molecule has 1 aliphatic carbocycles. The first kappa shape index (κ1) is 7.32. The van der Waals surface area contributed by atoms with Crippen molar-refractivity contribution in [2.75, 3.05) is 19.8 Å². The summed E-state index contributed by atoms with van der Waals surface area (Å²) in [6.07, 6.45) is 5.94. The van der Waals surface area contributed by atoms with Crippen LogP contribution in [0.2, 0.25) is 0 Å². The lowest BCUT2D eigenvalue weighted by Crippen LogP contribution is -2.21. The molecule has 2 heteroatoms. The SMILES string of the molecule is NCC1(C2=CCOCC2)CC1. The van der Waals surface area contributed by atoms with E-state index in [9.17, 15) is 0 Å². The molecule has 2 rings (SSSR count). The zero-order valence-electron chi connectivity index (χ0n) is 6.81. The minimum Gasteiger partial charge on any atom is -0.377 e. The zero-order chi connectivity index (χ0) is 7.73. The molecule has 2 aliphatic rings. The Morgan fingerprint density at radius 3 is 2.82 bits per heavy atom. The fourth-order valence-corrected chi connectivity index (χ4v) is 1.82. The van der Waals surface area contributed by atoms with E-state index in [1.54, 1.807) is 5.57 Å². The Morgan fingerprint density at radius 2 is 2.36 bits per heavy atom. The van der Waals surface area contributed by atoms with Gasteiger partial charge >= 0.3 is 0 Å². The van der Waals surface area contributed by atoms with Crippen molar-refractivity contribution in [3.63, 3.8) is 0 Å². The Hall–Kier alpha value is -0.340. The van der Waals surface area contributed by atoms with Crippen molar-refractivity contribution >= 4 is 0 Å². The largest absolute Gasteiger partial charge is 0.377 e. The molecule has 0 aromatic heterocycles. The number of nitrogens with two attached hydrogens (primary N) is 1. The molecule has 0 radical (unpaired) electrons. The third-order valence-electron chi connectivity index (χ3n) is 2.89. The predicted molar refractivity (Wildman–Crippen MR) is 44.2 cm³/mol. The molecule has 0 spiro atoms. The third kappa shape index (κ3) is 1.21. The van der Waals surface area contributed by atoms with Crippen LogP contribution in [-0.2, 0) is 4.74 Å². The summed E-state index contributed by atoms with van der Waals surface area (Å²) in [7, 11) is 0. The van der Waals surface area contributed by atoms with Gasteiger partial charge in [0, 0.05) is 12.0 Å². The van der Waals surface area contributed by atoms with Gasteiger partial charge in [-0.05, 0) is 19.3 Å². The number of hydrogen-bond donors (Lipinski definition) is 1. The number of rotatable bonds is 2. The molecular formula is C9H15NO. The highest BCUT2D eigenvalue weighted by Gasteiger charge is 2.44. The Morgan fingerprint density at radius 1 is 1.55 bits per heavy atom. The number of hydrogen-bond acceptors (Lipinski definition) is 2. The minimum absolute atomic E-state index is 0.420. The highest BCUT2D eigenvalue weighted by molar-refractivity contribution is 5.23. The summed E-state index contributed by atoms with van der Waals surface area (Å²) >= 11 is 0. The van der Waals surface area contributed by atoms with Crippen LogP contribution in [0.3, 0.4) is 0 Å². The topological polar surface area (TPSA) is 35.2 Å². The van der Waals surface area contributed by atoms with Crippen LogP contribution >= 0.6 is 0 Å². The van der Waals surface area contributed by atoms with Gasteiger partial charge in [-0.15, -0.1) is 0 Å². The van der Waals surface area contributed by atoms with Gasteiger partial charge < -0.3 is 10.5 Å². The monoisotopic (exact) mass is 153 g/mol. The van der Waals surface area contributed by atoms with Gasteiger partial charge in [0.25, 0.3) is 0 Å². The summed E-state index contributed by atoms with van der Waals surface area (Å²) in [4.78, 5) is 0. The summed E-state index contributed by atoms with van der Waals surface area (Å²) in [5.74, 6) is 0. The van der Waals surface area contributed by atoms with E-state index in [0.29, 0.717) is 5.41 Å². The Bertz CT molecular complexity index is 182. The van der Waals surface area contributed by atoms with Crippen LogP contribution in [-0.4, -0.2) is 19.8 Å². The summed E-state index contributed by atoms with van der Waals surface area (Å²) in [5.41, 5.74) is 7.70. The molecule has 0 bridgehead atoms. The van der Waals surface area contributed by atoms with Gasteiger partial charge in [0.2, 0.25) is 0 Å². The fraction of sp³-hybridized carbons (Fsp3) is 0.778. The van der Waals surface area contributed by atoms with Gasteiger partial charge in [-0.2, -0.15) is 0 Å². The van der Waals surface area contributed by atoms with Crippen LogP contribution < -0.4 is 5.73 Å². The van der Waals surface area contributed by atoms with Gasteiger partial charge in [0.05, 0.1) is 13.2 Å². The van der Waals surface area contributed by atoms with E-state index in [0.717, 1.165) is 26.2 Å². The van der Waals surface area contributed by atoms with Gasteiger partial charge in [0.1, 0.15) is 0 Å². The molecule has 1 saturated carbocycles. The second kappa shape index (κ2) is 2.61. The molecule has 2 N–H and O–H groups in total. The summed E-state index contributed by atoms with van der Waals surface area (Å²) < 4.78 is 5.25. The maximum Gasteiger partial charge on any atom is 0.0650 e. The van der Waals surface area contributed by atoms with Gasteiger partial charge in [-0.3, -0.25) is 0 Å². The molecule has 0 aromatic carbocycles. The molecule has 0 aromatic rings. The lowest BCUT2D eigenvalue weighted by molar-refractivity contribution is 0.150. The normalized spacial score (nSPS) is 27.9. The van der Waals surface area contributed by atoms with E-state index in [4.69, 9.17) is 10.5 Å². The Balaban J connectivity index is 2.08. The van der Waals surface area contributed by atoms with Crippen molar-refractivity contribution in [1.82, 2.24) is 0 Å². The molecular weight excluding hydrogens is 138 g/mol. The van der Waals surface area contributed by atoms with E-state index in [2.05, 4.69) is 6.08 Å². The zero-order valence-corrected chi connectivity index (χ0v) is 6.81. The minimum atomic E-state index is 0.420. The van der Waals surface area contributed by atoms with Crippen LogP contribution in [0.25, 0.3) is 0 Å². The molecule has 0 amide bonds. The van der Waals surface area contributed by atoms with Crippen molar-refractivity contribution in [3.05, 3.63) is 11.6 Å². The van der Waals surface area contributed by atoms with Crippen molar-refractivity contribution in [3.8, 4) is 0 Å². The third-order valence-corrected chi connectivity index (χ3v) is 2.89. The number of ether oxygens (including phenoxy) is 1. The van der Waals surface area contributed by atoms with Gasteiger partial charge in [0.15, 0.2) is 0 Å². The predicted octanol–water partition coefficient (Wildman–Crippen LogP) is 1.07. The molecule has 1 aliphatic heterocycles. The molecule has 11 heavy (non-hydrogen) atoms. The highest BCUT2D eigenvalue weighted by atomic mass is 16.5. The van der Waals surface area contributed by atoms with Crippen LogP contribution in [0, 0.1) is 5.41 Å². The van der Waals surface area contributed by atoms with Crippen LogP contribution in [0.5, 0.6) is 0 Å². The molecule has 1 fully saturated rings. The average Bonchev–Trinajstić information content (AvgIpc) is 2.86. The second-order valence-electron chi connectivity index (χ2n) is 3.54. The van der Waals surface area contributed by atoms with Crippen LogP contribution in [0.4, 0.5) is 0 Å². The maximum absolute atomic E-state index is 5.72. The van der Waals surface area contributed by atoms with Crippen molar-refractivity contribution in [1.29, 1.82) is 0 Å². The fourth-order valence-electron chi connectivity index (χ4n) is 1.82. The lowest BCUT2D eigenvalue weighted by atomic mass is 9.92. The van der Waals surface area contributed by atoms with Gasteiger partial charge in [-0.25, -0.2) is 0 Å². The van der Waals surface area contributed by atoms with Crippen LogP contribution in [0.1, 0.15) is 19.3 Å². The first-order valence-corrected chi connectivity index (χ1v) is 4.35. The quantitative estimate of drug-likeness (QED) is 0.602. The van der Waals surface area contributed by atoms with E-state index >= 15 is 0 Å². The van der Waals surface area contributed by atoms with E-state index in [1.165, 1.54) is 12.8 Å². The molecule has 1 heterocycles.